The van der Waals surface area contributed by atoms with Gasteiger partial charge in [0.15, 0.2) is 5.96 Å². The van der Waals surface area contributed by atoms with Crippen molar-refractivity contribution in [1.82, 2.24) is 16.0 Å². The summed E-state index contributed by atoms with van der Waals surface area (Å²) in [6.45, 7) is 3.25. The van der Waals surface area contributed by atoms with Crippen LogP contribution in [0, 0.1) is 0 Å². The number of hydrogen-bond acceptors (Lipinski definition) is 3. The molecule has 0 aliphatic heterocycles. The minimum Gasteiger partial charge on any atom is -0.387 e. The van der Waals surface area contributed by atoms with Gasteiger partial charge in [0, 0.05) is 35.7 Å². The Morgan fingerprint density at radius 3 is 2.45 bits per heavy atom. The Balaban J connectivity index is 0.00000420. The summed E-state index contributed by atoms with van der Waals surface area (Å²) >= 11 is 12.0. The maximum atomic E-state index is 11.7. The van der Waals surface area contributed by atoms with Gasteiger partial charge in [-0.15, -0.1) is 24.0 Å². The maximum Gasteiger partial charge on any atom is 0.251 e. The second-order valence-electron chi connectivity index (χ2n) is 6.07. The standard InChI is InChI=1S/C20H24Cl2N4O2.HI/c1-3-24-20(25-11-13-5-4-6-14(7-13)19(28)23-2)26-12-18(27)15-8-16(21)10-17(22)9-15;/h4-10,18,27H,3,11-12H2,1-2H3,(H,23,28)(H2,24,25,26);1H. The zero-order valence-corrected chi connectivity index (χ0v) is 20.0. The highest BCUT2D eigenvalue weighted by molar-refractivity contribution is 14.0. The molecule has 0 heterocycles. The number of guanidine groups is 1. The van der Waals surface area contributed by atoms with Crippen LogP contribution in [0.1, 0.15) is 34.5 Å². The lowest BCUT2D eigenvalue weighted by Gasteiger charge is -2.16. The minimum absolute atomic E-state index is 0. The number of nitrogens with one attached hydrogen (secondary N) is 3. The highest BCUT2D eigenvalue weighted by Gasteiger charge is 2.11. The van der Waals surface area contributed by atoms with Crippen LogP contribution in [0.3, 0.4) is 0 Å². The Morgan fingerprint density at radius 2 is 1.83 bits per heavy atom. The molecule has 1 unspecified atom stereocenters. The average Bonchev–Trinajstić information content (AvgIpc) is 2.68. The van der Waals surface area contributed by atoms with Crippen molar-refractivity contribution in [2.45, 2.75) is 19.6 Å². The second-order valence-corrected chi connectivity index (χ2v) is 6.95. The average molecular weight is 551 g/mol. The third kappa shape index (κ3) is 8.38. The number of aliphatic imine (C=N–C) groups is 1. The highest BCUT2D eigenvalue weighted by Crippen LogP contribution is 2.23. The molecule has 0 bridgehead atoms. The van der Waals surface area contributed by atoms with Crippen molar-refractivity contribution in [2.75, 3.05) is 20.1 Å². The number of carbonyl (C=O) groups is 1. The maximum absolute atomic E-state index is 11.7. The molecule has 0 spiro atoms. The van der Waals surface area contributed by atoms with Gasteiger partial charge in [0.05, 0.1) is 12.6 Å². The third-order valence-electron chi connectivity index (χ3n) is 3.91. The summed E-state index contributed by atoms with van der Waals surface area (Å²) < 4.78 is 0. The second kappa shape index (κ2) is 12.9. The van der Waals surface area contributed by atoms with Crippen molar-refractivity contribution in [2.24, 2.45) is 4.99 Å². The molecule has 9 heteroatoms. The predicted octanol–water partition coefficient (Wildman–Crippen LogP) is 3.76. The smallest absolute Gasteiger partial charge is 0.251 e. The SMILES string of the molecule is CCNC(=NCc1cccc(C(=O)NC)c1)NCC(O)c1cc(Cl)cc(Cl)c1.I. The molecule has 2 rings (SSSR count). The Bertz CT molecular complexity index is 829. The molecule has 6 nitrogen and oxygen atoms in total. The first-order valence-corrected chi connectivity index (χ1v) is 9.65. The molecule has 0 aliphatic carbocycles. The molecule has 2 aromatic carbocycles. The van der Waals surface area contributed by atoms with Crippen molar-refractivity contribution < 1.29 is 9.90 Å². The molecular weight excluding hydrogens is 526 g/mol. The van der Waals surface area contributed by atoms with Crippen LogP contribution in [0.4, 0.5) is 0 Å². The van der Waals surface area contributed by atoms with Crippen molar-refractivity contribution in [3.8, 4) is 0 Å². The number of amides is 1. The number of aliphatic hydroxyl groups excluding tert-OH is 1. The molecule has 158 valence electrons. The van der Waals surface area contributed by atoms with Gasteiger partial charge in [-0.25, -0.2) is 4.99 Å². The first-order valence-electron chi connectivity index (χ1n) is 8.90. The molecule has 1 atom stereocenters. The summed E-state index contributed by atoms with van der Waals surface area (Å²) in [5.41, 5.74) is 2.11. The van der Waals surface area contributed by atoms with Gasteiger partial charge in [-0.3, -0.25) is 4.79 Å². The lowest BCUT2D eigenvalue weighted by Crippen LogP contribution is -2.39. The normalized spacial score (nSPS) is 12.0. The van der Waals surface area contributed by atoms with Gasteiger partial charge >= 0.3 is 0 Å². The number of hydrogen-bond donors (Lipinski definition) is 4. The molecule has 4 N–H and O–H groups in total. The summed E-state index contributed by atoms with van der Waals surface area (Å²) in [5, 5.41) is 20.2. The van der Waals surface area contributed by atoms with Crippen LogP contribution in [0.2, 0.25) is 10.0 Å². The molecule has 0 saturated carbocycles. The quantitative estimate of drug-likeness (QED) is 0.240. The Labute approximate surface area is 198 Å². The molecule has 1 amide bonds. The summed E-state index contributed by atoms with van der Waals surface area (Å²) in [5.74, 6) is 0.416. The zero-order chi connectivity index (χ0) is 20.5. The third-order valence-corrected chi connectivity index (χ3v) is 4.35. The van der Waals surface area contributed by atoms with Gasteiger partial charge in [0.1, 0.15) is 0 Å². The van der Waals surface area contributed by atoms with Gasteiger partial charge in [-0.05, 0) is 48.4 Å². The van der Waals surface area contributed by atoms with Crippen LogP contribution >= 0.6 is 47.2 Å². The Hall–Kier alpha value is -1.55. The van der Waals surface area contributed by atoms with E-state index in [0.29, 0.717) is 40.2 Å². The highest BCUT2D eigenvalue weighted by atomic mass is 127. The van der Waals surface area contributed by atoms with E-state index in [-0.39, 0.29) is 36.4 Å². The topological polar surface area (TPSA) is 85.8 Å². The molecule has 0 aliphatic rings. The summed E-state index contributed by atoms with van der Waals surface area (Å²) in [4.78, 5) is 16.3. The summed E-state index contributed by atoms with van der Waals surface area (Å²) in [7, 11) is 1.60. The summed E-state index contributed by atoms with van der Waals surface area (Å²) in [6.07, 6.45) is -0.795. The van der Waals surface area contributed by atoms with E-state index in [1.807, 2.05) is 19.1 Å². The predicted molar refractivity (Wildman–Crippen MR) is 129 cm³/mol. The fourth-order valence-electron chi connectivity index (χ4n) is 2.55. The molecule has 0 aromatic heterocycles. The van der Waals surface area contributed by atoms with E-state index in [4.69, 9.17) is 23.2 Å². The summed E-state index contributed by atoms with van der Waals surface area (Å²) in [6, 6.07) is 12.2. The van der Waals surface area contributed by atoms with Crippen LogP contribution in [-0.2, 0) is 6.54 Å². The van der Waals surface area contributed by atoms with E-state index in [1.165, 1.54) is 0 Å². The Kier molecular flexibility index (Phi) is 11.3. The number of benzene rings is 2. The van der Waals surface area contributed by atoms with Gasteiger partial charge in [0.2, 0.25) is 0 Å². The van der Waals surface area contributed by atoms with Gasteiger partial charge in [0.25, 0.3) is 5.91 Å². The lowest BCUT2D eigenvalue weighted by molar-refractivity contribution is 0.0963. The molecule has 2 aromatic rings. The fraction of sp³-hybridized carbons (Fsp3) is 0.300. The van der Waals surface area contributed by atoms with Crippen molar-refractivity contribution in [3.05, 3.63) is 69.2 Å². The van der Waals surface area contributed by atoms with Crippen LogP contribution in [0.15, 0.2) is 47.5 Å². The van der Waals surface area contributed by atoms with E-state index in [9.17, 15) is 9.90 Å². The molecule has 0 fully saturated rings. The van der Waals surface area contributed by atoms with Crippen LogP contribution < -0.4 is 16.0 Å². The number of nitrogens with zero attached hydrogens (tertiary/aromatic N) is 1. The van der Waals surface area contributed by atoms with E-state index in [2.05, 4.69) is 20.9 Å². The van der Waals surface area contributed by atoms with Crippen molar-refractivity contribution >= 4 is 59.0 Å². The fourth-order valence-corrected chi connectivity index (χ4v) is 3.09. The van der Waals surface area contributed by atoms with E-state index in [1.54, 1.807) is 37.4 Å². The monoisotopic (exact) mass is 550 g/mol. The molecule has 29 heavy (non-hydrogen) atoms. The van der Waals surface area contributed by atoms with Gasteiger partial charge < -0.3 is 21.1 Å². The van der Waals surface area contributed by atoms with Crippen molar-refractivity contribution in [3.63, 3.8) is 0 Å². The minimum atomic E-state index is -0.795. The van der Waals surface area contributed by atoms with Crippen LogP contribution in [0.5, 0.6) is 0 Å². The van der Waals surface area contributed by atoms with Gasteiger partial charge in [-0.2, -0.15) is 0 Å². The molecule has 0 saturated heterocycles. The lowest BCUT2D eigenvalue weighted by atomic mass is 10.1. The van der Waals surface area contributed by atoms with Crippen LogP contribution in [-0.4, -0.2) is 37.1 Å². The number of carbonyl (C=O) groups excluding carboxylic acids is 1. The van der Waals surface area contributed by atoms with E-state index < -0.39 is 6.10 Å². The number of aliphatic hydroxyl groups is 1. The Morgan fingerprint density at radius 1 is 1.14 bits per heavy atom. The molecular formula is C20H25Cl2IN4O2. The molecule has 0 radical (unpaired) electrons. The number of halogens is 3. The first kappa shape index (κ1) is 25.5. The van der Waals surface area contributed by atoms with E-state index >= 15 is 0 Å². The first-order chi connectivity index (χ1) is 13.4. The number of rotatable bonds is 7. The van der Waals surface area contributed by atoms with Crippen molar-refractivity contribution in [1.29, 1.82) is 0 Å². The largest absolute Gasteiger partial charge is 0.387 e. The van der Waals surface area contributed by atoms with Gasteiger partial charge in [-0.1, -0.05) is 35.3 Å². The van der Waals surface area contributed by atoms with E-state index in [0.717, 1.165) is 5.56 Å². The zero-order valence-electron chi connectivity index (χ0n) is 16.2. The van der Waals surface area contributed by atoms with Crippen LogP contribution in [0.25, 0.3) is 0 Å².